The van der Waals surface area contributed by atoms with Crippen LogP contribution < -0.4 is 4.74 Å². The number of hydrogen-bond acceptors (Lipinski definition) is 3. The molecule has 0 aliphatic carbocycles. The molecular weight excluding hydrogens is 348 g/mol. The van der Waals surface area contributed by atoms with Gasteiger partial charge >= 0.3 is 0 Å². The van der Waals surface area contributed by atoms with Crippen LogP contribution in [0.5, 0.6) is 11.5 Å². The first-order valence-corrected chi connectivity index (χ1v) is 11.5. The Kier molecular flexibility index (Phi) is 9.14. The summed E-state index contributed by atoms with van der Waals surface area (Å²) in [4.78, 5) is 0. The molecule has 0 unspecified atom stereocenters. The van der Waals surface area contributed by atoms with Gasteiger partial charge in [-0.3, -0.25) is 0 Å². The Morgan fingerprint density at radius 2 is 1.32 bits per heavy atom. The third-order valence-corrected chi connectivity index (χ3v) is 6.71. The fraction of sp³-hybridized carbons (Fsp3) is 0.760. The highest BCUT2D eigenvalue weighted by atomic mass is 16.5. The summed E-state index contributed by atoms with van der Waals surface area (Å²) >= 11 is 0. The minimum Gasteiger partial charge on any atom is -0.507 e. The molecule has 0 radical (unpaired) electrons. The van der Waals surface area contributed by atoms with E-state index in [0.29, 0.717) is 12.4 Å². The average Bonchev–Trinajstić information content (AvgIpc) is 2.69. The summed E-state index contributed by atoms with van der Waals surface area (Å²) in [5, 5.41) is 19.1. The molecule has 0 bridgehead atoms. The summed E-state index contributed by atoms with van der Waals surface area (Å²) in [6.45, 7) is 8.68. The zero-order valence-corrected chi connectivity index (χ0v) is 18.7. The van der Waals surface area contributed by atoms with Gasteiger partial charge in [-0.15, -0.1) is 0 Å². The van der Waals surface area contributed by atoms with Crippen molar-refractivity contribution in [2.45, 2.75) is 117 Å². The summed E-state index contributed by atoms with van der Waals surface area (Å²) < 4.78 is 6.53. The number of phenolic OH excluding ortho intramolecular Hbond substituents is 1. The molecular formula is C25H42O3. The Bertz CT molecular complexity index is 623. The topological polar surface area (TPSA) is 49.7 Å². The van der Waals surface area contributed by atoms with E-state index < -0.39 is 0 Å². The van der Waals surface area contributed by atoms with Gasteiger partial charge in [0.05, 0.1) is 0 Å². The molecule has 2 N–H and O–H groups in total. The van der Waals surface area contributed by atoms with E-state index in [1.165, 1.54) is 63.4 Å². The zero-order valence-electron chi connectivity index (χ0n) is 18.7. The van der Waals surface area contributed by atoms with E-state index in [2.05, 4.69) is 13.8 Å². The minimum atomic E-state index is -0.0691. The number of phenols is 1. The third-order valence-electron chi connectivity index (χ3n) is 6.71. The van der Waals surface area contributed by atoms with Gasteiger partial charge in [0.15, 0.2) is 0 Å². The summed E-state index contributed by atoms with van der Waals surface area (Å²) in [7, 11) is 0. The minimum absolute atomic E-state index is 0.0691. The lowest BCUT2D eigenvalue weighted by atomic mass is 9.84. The van der Waals surface area contributed by atoms with Gasteiger partial charge in [0.2, 0.25) is 0 Å². The molecule has 2 rings (SSSR count). The Labute approximate surface area is 172 Å². The summed E-state index contributed by atoms with van der Waals surface area (Å²) in [5.41, 5.74) is 4.19. The molecule has 0 aromatic heterocycles. The number of aliphatic hydroxyl groups is 1. The van der Waals surface area contributed by atoms with Crippen LogP contribution in [-0.2, 0) is 6.42 Å². The first-order valence-electron chi connectivity index (χ1n) is 11.5. The monoisotopic (exact) mass is 390 g/mol. The largest absolute Gasteiger partial charge is 0.507 e. The Morgan fingerprint density at radius 3 is 1.89 bits per heavy atom. The highest BCUT2D eigenvalue weighted by molar-refractivity contribution is 5.58. The van der Waals surface area contributed by atoms with Crippen molar-refractivity contribution in [2.75, 3.05) is 6.61 Å². The van der Waals surface area contributed by atoms with E-state index in [-0.39, 0.29) is 5.60 Å². The Hall–Kier alpha value is -1.22. The predicted octanol–water partition coefficient (Wildman–Crippen LogP) is 6.68. The lowest BCUT2D eigenvalue weighted by Crippen LogP contribution is -2.37. The van der Waals surface area contributed by atoms with Crippen molar-refractivity contribution >= 4 is 0 Å². The maximum atomic E-state index is 10.3. The first-order chi connectivity index (χ1) is 13.4. The molecule has 3 heteroatoms. The number of rotatable bonds is 12. The van der Waals surface area contributed by atoms with Crippen molar-refractivity contribution in [2.24, 2.45) is 0 Å². The second kappa shape index (κ2) is 11.1. The van der Waals surface area contributed by atoms with E-state index in [1.807, 2.05) is 13.8 Å². The summed E-state index contributed by atoms with van der Waals surface area (Å²) in [5.74, 6) is 1.47. The molecule has 3 nitrogen and oxygen atoms in total. The molecule has 0 amide bonds. The zero-order chi connectivity index (χ0) is 20.6. The second-order valence-electron chi connectivity index (χ2n) is 9.09. The molecule has 1 aromatic rings. The van der Waals surface area contributed by atoms with Crippen molar-refractivity contribution in [3.05, 3.63) is 22.3 Å². The van der Waals surface area contributed by atoms with Crippen LogP contribution in [0, 0.1) is 20.8 Å². The van der Waals surface area contributed by atoms with Gasteiger partial charge < -0.3 is 14.9 Å². The quantitative estimate of drug-likeness (QED) is 0.391. The highest BCUT2D eigenvalue weighted by Crippen LogP contribution is 2.44. The molecule has 160 valence electrons. The van der Waals surface area contributed by atoms with E-state index >= 15 is 0 Å². The number of unbranched alkanes of at least 4 members (excludes halogenated alkanes) is 9. The molecule has 1 aliphatic heterocycles. The SMILES string of the molecule is Cc1c(C)c2c(c(C)c1O)CC[C@](C)(CCCCCCCCCCCCO)O2. The molecule has 0 spiro atoms. The van der Waals surface area contributed by atoms with E-state index in [1.54, 1.807) is 0 Å². The number of fused-ring (bicyclic) bond motifs is 1. The molecule has 0 fully saturated rings. The van der Waals surface area contributed by atoms with Gasteiger partial charge in [0.25, 0.3) is 0 Å². The normalized spacial score (nSPS) is 18.8. The molecule has 0 saturated heterocycles. The van der Waals surface area contributed by atoms with Crippen LogP contribution in [0.15, 0.2) is 0 Å². The van der Waals surface area contributed by atoms with E-state index in [4.69, 9.17) is 9.84 Å². The lowest BCUT2D eigenvalue weighted by molar-refractivity contribution is 0.0521. The first kappa shape index (κ1) is 23.1. The number of aliphatic hydroxyl groups excluding tert-OH is 1. The molecule has 28 heavy (non-hydrogen) atoms. The molecule has 0 saturated carbocycles. The third kappa shape index (κ3) is 6.14. The fourth-order valence-corrected chi connectivity index (χ4v) is 4.50. The average molecular weight is 391 g/mol. The summed E-state index contributed by atoms with van der Waals surface area (Å²) in [6.07, 6.45) is 15.8. The second-order valence-corrected chi connectivity index (χ2v) is 9.09. The van der Waals surface area contributed by atoms with Crippen molar-refractivity contribution < 1.29 is 14.9 Å². The van der Waals surface area contributed by atoms with E-state index in [0.717, 1.165) is 48.1 Å². The van der Waals surface area contributed by atoms with Crippen molar-refractivity contribution in [3.63, 3.8) is 0 Å². The van der Waals surface area contributed by atoms with Gasteiger partial charge in [-0.05, 0) is 76.5 Å². The predicted molar refractivity (Wildman–Crippen MR) is 118 cm³/mol. The van der Waals surface area contributed by atoms with Crippen LogP contribution in [0.2, 0.25) is 0 Å². The Balaban J connectivity index is 1.69. The fourth-order valence-electron chi connectivity index (χ4n) is 4.50. The van der Waals surface area contributed by atoms with Crippen molar-refractivity contribution in [3.8, 4) is 11.5 Å². The van der Waals surface area contributed by atoms with Gasteiger partial charge in [0, 0.05) is 12.2 Å². The van der Waals surface area contributed by atoms with Gasteiger partial charge in [-0.1, -0.05) is 51.4 Å². The Morgan fingerprint density at radius 1 is 0.786 bits per heavy atom. The molecule has 1 aromatic carbocycles. The maximum absolute atomic E-state index is 10.3. The number of benzene rings is 1. The standard InChI is InChI=1S/C25H42O3/c1-19-20(2)24-22(21(3)23(19)27)15-17-25(4,28-24)16-13-11-9-7-5-6-8-10-12-14-18-26/h26-27H,5-18H2,1-4H3/t25-/m0/s1. The molecule has 1 atom stereocenters. The number of ether oxygens (including phenoxy) is 1. The van der Waals surface area contributed by atoms with Crippen LogP contribution in [0.1, 0.15) is 106 Å². The molecule has 1 heterocycles. The van der Waals surface area contributed by atoms with Gasteiger partial charge in [0.1, 0.15) is 17.1 Å². The summed E-state index contributed by atoms with van der Waals surface area (Å²) in [6, 6.07) is 0. The van der Waals surface area contributed by atoms with Crippen molar-refractivity contribution in [1.29, 1.82) is 0 Å². The maximum Gasteiger partial charge on any atom is 0.127 e. The van der Waals surface area contributed by atoms with Crippen LogP contribution in [0.4, 0.5) is 0 Å². The van der Waals surface area contributed by atoms with Crippen molar-refractivity contribution in [1.82, 2.24) is 0 Å². The molecule has 1 aliphatic rings. The number of aromatic hydroxyl groups is 1. The van der Waals surface area contributed by atoms with Crippen LogP contribution in [0.25, 0.3) is 0 Å². The highest BCUT2D eigenvalue weighted by Gasteiger charge is 2.34. The van der Waals surface area contributed by atoms with Gasteiger partial charge in [-0.2, -0.15) is 0 Å². The van der Waals surface area contributed by atoms with Crippen LogP contribution in [0.3, 0.4) is 0 Å². The number of hydrogen-bond donors (Lipinski definition) is 2. The van der Waals surface area contributed by atoms with E-state index in [9.17, 15) is 5.11 Å². The van der Waals surface area contributed by atoms with Crippen LogP contribution >= 0.6 is 0 Å². The lowest BCUT2D eigenvalue weighted by Gasteiger charge is -2.38. The van der Waals surface area contributed by atoms with Crippen LogP contribution in [-0.4, -0.2) is 22.4 Å². The van der Waals surface area contributed by atoms with Gasteiger partial charge in [-0.25, -0.2) is 0 Å². The smallest absolute Gasteiger partial charge is 0.127 e.